The van der Waals surface area contributed by atoms with Gasteiger partial charge in [0.05, 0.1) is 0 Å². The third kappa shape index (κ3) is 63.2. The molecule has 0 bridgehead atoms. The second-order valence-electron chi connectivity index (χ2n) is 22.0. The molecule has 0 N–H and O–H groups in total. The van der Waals surface area contributed by atoms with Crippen LogP contribution in [0.1, 0.15) is 323 Å². The van der Waals surface area contributed by atoms with Gasteiger partial charge in [-0.2, -0.15) is 0 Å². The van der Waals surface area contributed by atoms with Crippen LogP contribution in [0.15, 0.2) is 97.2 Å². The van der Waals surface area contributed by atoms with E-state index in [1.54, 1.807) is 0 Å². The van der Waals surface area contributed by atoms with Crippen LogP contribution < -0.4 is 0 Å². The van der Waals surface area contributed by atoms with Crippen LogP contribution in [-0.4, -0.2) is 37.2 Å². The number of ether oxygens (including phenoxy) is 3. The molecular weight excluding hydrogens is 961 g/mol. The Morgan fingerprint density at radius 1 is 0.269 bits per heavy atom. The Morgan fingerprint density at radius 2 is 0.500 bits per heavy atom. The Balaban J connectivity index is 4.39. The summed E-state index contributed by atoms with van der Waals surface area (Å²) in [5.41, 5.74) is 0. The highest BCUT2D eigenvalue weighted by Gasteiger charge is 2.19. The summed E-state index contributed by atoms with van der Waals surface area (Å²) >= 11 is 0. The van der Waals surface area contributed by atoms with Crippen LogP contribution in [0.3, 0.4) is 0 Å². The van der Waals surface area contributed by atoms with Gasteiger partial charge < -0.3 is 14.2 Å². The standard InChI is InChI=1S/C72H124O6/c1-4-7-10-13-16-19-22-25-28-30-32-34-36-38-40-42-44-47-50-53-56-59-62-65-71(74)77-68-69(67-76-70(73)64-61-58-55-52-49-46-27-24-21-18-15-12-9-6-3)78-72(75)66-63-60-57-54-51-48-45-43-41-39-37-35-33-31-29-26-23-20-17-14-11-8-5-2/h7,10,16,19,24-25,27-28,31-34,38,40,44,47,69H,4-6,8-9,11-15,17-18,20-23,26,29-30,35-37,39,41-43,45-46,48-68H2,1-3H3/b10-7-,19-16-,27-24-,28-25-,33-31-,34-32-,40-38-,47-44-. The largest absolute Gasteiger partial charge is 0.462 e. The molecule has 0 saturated heterocycles. The van der Waals surface area contributed by atoms with E-state index in [0.29, 0.717) is 19.3 Å². The number of hydrogen-bond acceptors (Lipinski definition) is 6. The molecule has 6 heteroatoms. The van der Waals surface area contributed by atoms with Crippen molar-refractivity contribution >= 4 is 17.9 Å². The first-order valence-corrected chi connectivity index (χ1v) is 33.2. The zero-order valence-corrected chi connectivity index (χ0v) is 51.4. The van der Waals surface area contributed by atoms with E-state index in [-0.39, 0.29) is 31.1 Å². The lowest BCUT2D eigenvalue weighted by Crippen LogP contribution is -2.30. The minimum atomic E-state index is -0.794. The maximum absolute atomic E-state index is 12.9. The molecule has 0 fully saturated rings. The number of carbonyl (C=O) groups excluding carboxylic acids is 3. The maximum Gasteiger partial charge on any atom is 0.306 e. The first-order valence-electron chi connectivity index (χ1n) is 33.2. The van der Waals surface area contributed by atoms with Gasteiger partial charge in [0.1, 0.15) is 13.2 Å². The molecule has 1 atom stereocenters. The minimum absolute atomic E-state index is 0.0894. The van der Waals surface area contributed by atoms with Crippen molar-refractivity contribution in [1.29, 1.82) is 0 Å². The van der Waals surface area contributed by atoms with Gasteiger partial charge in [-0.3, -0.25) is 14.4 Å². The van der Waals surface area contributed by atoms with E-state index in [1.165, 1.54) is 167 Å². The summed E-state index contributed by atoms with van der Waals surface area (Å²) in [6, 6.07) is 0. The van der Waals surface area contributed by atoms with Crippen molar-refractivity contribution in [3.8, 4) is 0 Å². The smallest absolute Gasteiger partial charge is 0.306 e. The number of rotatable bonds is 60. The Kier molecular flexibility index (Phi) is 62.7. The van der Waals surface area contributed by atoms with E-state index < -0.39 is 6.10 Å². The summed E-state index contributed by atoms with van der Waals surface area (Å²) in [7, 11) is 0. The van der Waals surface area contributed by atoms with Gasteiger partial charge in [0.15, 0.2) is 6.10 Å². The van der Waals surface area contributed by atoms with Crippen LogP contribution in [0.2, 0.25) is 0 Å². The first kappa shape index (κ1) is 74.3. The van der Waals surface area contributed by atoms with Gasteiger partial charge >= 0.3 is 17.9 Å². The Morgan fingerprint density at radius 3 is 0.795 bits per heavy atom. The predicted molar refractivity (Wildman–Crippen MR) is 339 cm³/mol. The Bertz CT molecular complexity index is 1530. The molecule has 0 rings (SSSR count). The average Bonchev–Trinajstić information content (AvgIpc) is 3.44. The quantitative estimate of drug-likeness (QED) is 0.0261. The number of unbranched alkanes of at least 4 members (excludes halogenated alkanes) is 33. The van der Waals surface area contributed by atoms with Gasteiger partial charge in [0, 0.05) is 19.3 Å². The highest BCUT2D eigenvalue weighted by atomic mass is 16.6. The normalized spacial score (nSPS) is 12.7. The van der Waals surface area contributed by atoms with E-state index in [2.05, 4.69) is 118 Å². The topological polar surface area (TPSA) is 78.9 Å². The van der Waals surface area contributed by atoms with Gasteiger partial charge in [-0.05, 0) is 122 Å². The molecule has 0 spiro atoms. The van der Waals surface area contributed by atoms with Crippen molar-refractivity contribution in [2.45, 2.75) is 329 Å². The molecule has 0 aliphatic heterocycles. The van der Waals surface area contributed by atoms with Gasteiger partial charge in [-0.15, -0.1) is 0 Å². The van der Waals surface area contributed by atoms with E-state index >= 15 is 0 Å². The molecule has 6 nitrogen and oxygen atoms in total. The fourth-order valence-corrected chi connectivity index (χ4v) is 9.32. The average molecular weight is 1090 g/mol. The second kappa shape index (κ2) is 65.8. The van der Waals surface area contributed by atoms with Gasteiger partial charge in [0.25, 0.3) is 0 Å². The predicted octanol–water partition coefficient (Wildman–Crippen LogP) is 22.8. The lowest BCUT2D eigenvalue weighted by atomic mass is 10.0. The molecule has 448 valence electrons. The van der Waals surface area contributed by atoms with E-state index in [4.69, 9.17) is 14.2 Å². The molecule has 78 heavy (non-hydrogen) atoms. The minimum Gasteiger partial charge on any atom is -0.462 e. The summed E-state index contributed by atoms with van der Waals surface area (Å²) in [6.07, 6.45) is 88.4. The van der Waals surface area contributed by atoms with Gasteiger partial charge in [0.2, 0.25) is 0 Å². The highest BCUT2D eigenvalue weighted by Crippen LogP contribution is 2.16. The highest BCUT2D eigenvalue weighted by molar-refractivity contribution is 5.71. The van der Waals surface area contributed by atoms with E-state index in [9.17, 15) is 14.4 Å². The molecule has 0 aromatic heterocycles. The third-order valence-corrected chi connectivity index (χ3v) is 14.3. The number of esters is 3. The zero-order valence-electron chi connectivity index (χ0n) is 51.4. The monoisotopic (exact) mass is 1080 g/mol. The van der Waals surface area contributed by atoms with Crippen molar-refractivity contribution in [2.24, 2.45) is 0 Å². The molecule has 0 heterocycles. The molecule has 0 amide bonds. The van der Waals surface area contributed by atoms with E-state index in [0.717, 1.165) is 116 Å². The molecular formula is C72H124O6. The molecule has 0 aliphatic rings. The molecule has 0 saturated carbocycles. The lowest BCUT2D eigenvalue weighted by molar-refractivity contribution is -0.167. The van der Waals surface area contributed by atoms with Crippen LogP contribution in [-0.2, 0) is 28.6 Å². The van der Waals surface area contributed by atoms with Crippen LogP contribution in [0.25, 0.3) is 0 Å². The van der Waals surface area contributed by atoms with Gasteiger partial charge in [-0.1, -0.05) is 279 Å². The maximum atomic E-state index is 12.9. The first-order chi connectivity index (χ1) is 38.5. The van der Waals surface area contributed by atoms with Crippen LogP contribution in [0, 0.1) is 0 Å². The fourth-order valence-electron chi connectivity index (χ4n) is 9.32. The molecule has 0 radical (unpaired) electrons. The summed E-state index contributed by atoms with van der Waals surface area (Å²) in [6.45, 7) is 6.52. The molecule has 1 unspecified atom stereocenters. The zero-order chi connectivity index (χ0) is 56.4. The van der Waals surface area contributed by atoms with Crippen molar-refractivity contribution < 1.29 is 28.6 Å². The van der Waals surface area contributed by atoms with Gasteiger partial charge in [-0.25, -0.2) is 0 Å². The SMILES string of the molecule is CC/C=C\C/C=C\C/C=C\C/C=C\C/C=C\C/C=C\CCCCCCC(=O)OCC(COC(=O)CCCCCCC/C=C\CCCCCCC)OC(=O)CCCCCCCCCCCCC/C=C\CCCCCCCCCC. The van der Waals surface area contributed by atoms with Crippen LogP contribution in [0.5, 0.6) is 0 Å². The van der Waals surface area contributed by atoms with E-state index in [1.807, 2.05) is 0 Å². The van der Waals surface area contributed by atoms with Crippen molar-refractivity contribution in [3.63, 3.8) is 0 Å². The molecule has 0 aliphatic carbocycles. The number of carbonyl (C=O) groups is 3. The van der Waals surface area contributed by atoms with Crippen LogP contribution in [0.4, 0.5) is 0 Å². The third-order valence-electron chi connectivity index (χ3n) is 14.3. The molecule has 0 aromatic rings. The molecule has 0 aromatic carbocycles. The summed E-state index contributed by atoms with van der Waals surface area (Å²) < 4.78 is 16.9. The lowest BCUT2D eigenvalue weighted by Gasteiger charge is -2.18. The number of allylic oxidation sites excluding steroid dienone is 16. The summed E-state index contributed by atoms with van der Waals surface area (Å²) in [5, 5.41) is 0. The second-order valence-corrected chi connectivity index (χ2v) is 22.0. The van der Waals surface area contributed by atoms with Crippen molar-refractivity contribution in [3.05, 3.63) is 97.2 Å². The summed E-state index contributed by atoms with van der Waals surface area (Å²) in [5.74, 6) is -0.912. The Hall–Kier alpha value is -3.67. The van der Waals surface area contributed by atoms with Crippen LogP contribution >= 0.6 is 0 Å². The van der Waals surface area contributed by atoms with Crippen molar-refractivity contribution in [2.75, 3.05) is 13.2 Å². The fraction of sp³-hybridized carbons (Fsp3) is 0.736. The Labute approximate surface area is 483 Å². The number of hydrogen-bond donors (Lipinski definition) is 0. The van der Waals surface area contributed by atoms with Crippen molar-refractivity contribution in [1.82, 2.24) is 0 Å². The summed E-state index contributed by atoms with van der Waals surface area (Å²) in [4.78, 5) is 38.4.